The summed E-state index contributed by atoms with van der Waals surface area (Å²) in [6.45, 7) is -0.578. The van der Waals surface area contributed by atoms with Crippen molar-refractivity contribution in [1.82, 2.24) is 0 Å². The van der Waals surface area contributed by atoms with Gasteiger partial charge in [0.05, 0.1) is 37.3 Å². The van der Waals surface area contributed by atoms with Crippen LogP contribution in [0.2, 0.25) is 0 Å². The second-order valence-electron chi connectivity index (χ2n) is 9.11. The quantitative estimate of drug-likeness (QED) is 0.271. The zero-order valence-electron chi connectivity index (χ0n) is 24.8. The predicted octanol–water partition coefficient (Wildman–Crippen LogP) is -1.35. The highest BCUT2D eigenvalue weighted by molar-refractivity contribution is 5.92. The van der Waals surface area contributed by atoms with Crippen molar-refractivity contribution >= 4 is 37.3 Å². The Bertz CT molecular complexity index is 1400. The molecule has 4 aliphatic heterocycles. The molecular formula is C30H24N6O12-6. The Labute approximate surface area is 271 Å². The zero-order chi connectivity index (χ0) is 34.1. The molecule has 0 fully saturated rings. The van der Waals surface area contributed by atoms with Gasteiger partial charge in [-0.3, -0.25) is 0 Å². The van der Waals surface area contributed by atoms with Gasteiger partial charge >= 0.3 is 0 Å². The lowest BCUT2D eigenvalue weighted by Gasteiger charge is -2.22. The van der Waals surface area contributed by atoms with Gasteiger partial charge in [0.25, 0.3) is 0 Å². The average molecular weight is 661 g/mol. The third kappa shape index (κ3) is 9.64. The molecule has 0 radical (unpaired) electrons. The van der Waals surface area contributed by atoms with Gasteiger partial charge in [0.15, 0.2) is 39.6 Å². The van der Waals surface area contributed by atoms with Crippen LogP contribution in [0, 0.1) is 0 Å². The first-order valence-electron chi connectivity index (χ1n) is 13.8. The summed E-state index contributed by atoms with van der Waals surface area (Å²) < 4.78 is 0. The smallest absolute Gasteiger partial charge is 0.153 e. The Morgan fingerprint density at radius 2 is 0.438 bits per heavy atom. The van der Waals surface area contributed by atoms with E-state index in [1.807, 2.05) is 0 Å². The molecule has 6 bridgehead atoms. The molecule has 0 amide bonds. The minimum absolute atomic E-state index is 0.0370. The van der Waals surface area contributed by atoms with Crippen LogP contribution in [-0.4, -0.2) is 76.9 Å². The summed E-state index contributed by atoms with van der Waals surface area (Å²) >= 11 is 0. The molecule has 0 unspecified atom stereocenters. The molecule has 3 aromatic carbocycles. The minimum Gasteiger partial charge on any atom is -0.872 e. The standard InChI is InChI=1S/C30H30N6O12/c37-25-19-1-2-20(26(25)38)14-32-44-9-10-46-34-16-22-5-6-24(30(42)28(22)40)18-36-48-12-11-47-35-17-23-4-3-21(27(39)29(23)41)15-33-45-8-7-43-31-13-19/h1-6,13-18,37-42H,7-12H2/p-6/b31-13-,32-14-,33-15-,34-16+,35-17+,36-18-. The third-order valence-electron chi connectivity index (χ3n) is 5.91. The van der Waals surface area contributed by atoms with Crippen molar-refractivity contribution in [3.63, 3.8) is 0 Å². The number of oxime groups is 6. The van der Waals surface area contributed by atoms with Gasteiger partial charge in [0.2, 0.25) is 0 Å². The molecule has 0 spiro atoms. The van der Waals surface area contributed by atoms with Crippen molar-refractivity contribution in [3.8, 4) is 34.5 Å². The van der Waals surface area contributed by atoms with Gasteiger partial charge in [-0.25, -0.2) is 0 Å². The van der Waals surface area contributed by atoms with E-state index in [-0.39, 0.29) is 73.0 Å². The van der Waals surface area contributed by atoms with Crippen molar-refractivity contribution < 1.29 is 59.7 Å². The highest BCUT2D eigenvalue weighted by Crippen LogP contribution is 2.27. The Hall–Kier alpha value is -6.72. The lowest BCUT2D eigenvalue weighted by atomic mass is 10.1. The SMILES string of the molecule is [O-]c1c2ccc(c1[O-])/C=N\OCCO/N=C/c1ccc(c([O-])c1[O-])/C=N\OCCO/N=C/c1ccc(c([O-])c1[O-])/C=N\OCCO/N=C\2. The second-order valence-corrected chi connectivity index (χ2v) is 9.11. The van der Waals surface area contributed by atoms with Crippen LogP contribution < -0.4 is 30.6 Å². The molecule has 48 heavy (non-hydrogen) atoms. The van der Waals surface area contributed by atoms with Gasteiger partial charge in [0.1, 0.15) is 0 Å². The van der Waals surface area contributed by atoms with Crippen molar-refractivity contribution in [3.05, 3.63) is 69.8 Å². The van der Waals surface area contributed by atoms with E-state index in [0.29, 0.717) is 0 Å². The van der Waals surface area contributed by atoms with Crippen LogP contribution in [0.4, 0.5) is 0 Å². The summed E-state index contributed by atoms with van der Waals surface area (Å²) in [4.78, 5) is 29.9. The lowest BCUT2D eigenvalue weighted by molar-refractivity contribution is -0.317. The first kappa shape index (κ1) is 34.2. The van der Waals surface area contributed by atoms with E-state index < -0.39 is 34.5 Å². The molecule has 18 heteroatoms. The molecule has 18 nitrogen and oxygen atoms in total. The Balaban J connectivity index is 1.42. The molecule has 4 aliphatic rings. The van der Waals surface area contributed by atoms with E-state index in [1.165, 1.54) is 36.4 Å². The van der Waals surface area contributed by atoms with Crippen LogP contribution in [0.15, 0.2) is 67.3 Å². The minimum atomic E-state index is -0.850. The van der Waals surface area contributed by atoms with Crippen molar-refractivity contribution in [2.75, 3.05) is 39.6 Å². The number of nitrogens with zero attached hydrogens (tertiary/aromatic N) is 6. The summed E-state index contributed by atoms with van der Waals surface area (Å²) in [5.41, 5.74) is -0.222. The largest absolute Gasteiger partial charge is 0.872 e. The summed E-state index contributed by atoms with van der Waals surface area (Å²) in [6, 6.07) is 8.03. The van der Waals surface area contributed by atoms with Crippen LogP contribution in [0.25, 0.3) is 0 Å². The number of hydrogen-bond donors (Lipinski definition) is 0. The summed E-state index contributed by atoms with van der Waals surface area (Å²) in [7, 11) is 0. The van der Waals surface area contributed by atoms with Crippen LogP contribution in [0.3, 0.4) is 0 Å². The van der Waals surface area contributed by atoms with Crippen LogP contribution in [0.1, 0.15) is 33.4 Å². The zero-order valence-corrected chi connectivity index (χ0v) is 24.8. The Morgan fingerprint density at radius 3 is 0.583 bits per heavy atom. The number of rotatable bonds is 0. The highest BCUT2D eigenvalue weighted by Gasteiger charge is 2.00. The first-order valence-corrected chi connectivity index (χ1v) is 13.8. The van der Waals surface area contributed by atoms with Crippen molar-refractivity contribution in [2.45, 2.75) is 0 Å². The highest BCUT2D eigenvalue weighted by atomic mass is 16.7. The van der Waals surface area contributed by atoms with Crippen molar-refractivity contribution in [1.29, 1.82) is 0 Å². The van der Waals surface area contributed by atoms with Gasteiger partial charge in [0, 0.05) is 0 Å². The maximum atomic E-state index is 12.3. The monoisotopic (exact) mass is 660 g/mol. The van der Waals surface area contributed by atoms with E-state index >= 15 is 0 Å². The van der Waals surface area contributed by atoms with Crippen molar-refractivity contribution in [2.24, 2.45) is 30.9 Å². The van der Waals surface area contributed by atoms with Crippen LogP contribution in [0.5, 0.6) is 34.5 Å². The van der Waals surface area contributed by atoms with Gasteiger partial charge in [-0.15, -0.1) is 34.5 Å². The molecule has 4 heterocycles. The molecule has 0 atom stereocenters. The maximum Gasteiger partial charge on any atom is 0.153 e. The molecule has 0 saturated carbocycles. The third-order valence-corrected chi connectivity index (χ3v) is 5.91. The summed E-state index contributed by atoms with van der Waals surface area (Å²) in [5.74, 6) is -5.10. The second kappa shape index (κ2) is 17.7. The fraction of sp³-hybridized carbons (Fsp3) is 0.200. The van der Waals surface area contributed by atoms with E-state index in [2.05, 4.69) is 30.9 Å². The van der Waals surface area contributed by atoms with Gasteiger partial charge in [-0.1, -0.05) is 67.3 Å². The summed E-state index contributed by atoms with van der Waals surface area (Å²) in [5, 5.41) is 95.7. The average Bonchev–Trinajstić information content (AvgIpc) is 3.08. The van der Waals surface area contributed by atoms with E-state index in [4.69, 9.17) is 29.0 Å². The van der Waals surface area contributed by atoms with E-state index in [0.717, 1.165) is 37.3 Å². The van der Waals surface area contributed by atoms with E-state index in [9.17, 15) is 30.6 Å². The molecule has 0 saturated heterocycles. The number of hydrogen-bond acceptors (Lipinski definition) is 18. The molecule has 7 rings (SSSR count). The lowest BCUT2D eigenvalue weighted by Crippen LogP contribution is -2.07. The van der Waals surface area contributed by atoms with Gasteiger partial charge < -0.3 is 59.7 Å². The summed E-state index contributed by atoms with van der Waals surface area (Å²) in [6.07, 6.45) is 6.31. The first-order chi connectivity index (χ1) is 23.4. The van der Waals surface area contributed by atoms with Gasteiger partial charge in [-0.2, -0.15) is 0 Å². The normalized spacial score (nSPS) is 18.8. The number of benzene rings is 3. The number of fused-ring (bicyclic) bond motifs is 2. The Morgan fingerprint density at radius 1 is 0.292 bits per heavy atom. The van der Waals surface area contributed by atoms with Gasteiger partial charge in [-0.05, 0) is 33.4 Å². The predicted molar refractivity (Wildman–Crippen MR) is 157 cm³/mol. The fourth-order valence-corrected chi connectivity index (χ4v) is 3.49. The molecule has 252 valence electrons. The molecule has 0 aromatic heterocycles. The molecule has 0 N–H and O–H groups in total. The Kier molecular flexibility index (Phi) is 12.6. The molecule has 3 aromatic rings. The van der Waals surface area contributed by atoms with E-state index in [1.54, 1.807) is 0 Å². The van der Waals surface area contributed by atoms with Crippen LogP contribution in [-0.2, 0) is 29.0 Å². The topological polar surface area (TPSA) is 268 Å². The molecular weight excluding hydrogens is 636 g/mol. The fourth-order valence-electron chi connectivity index (χ4n) is 3.49. The van der Waals surface area contributed by atoms with Crippen LogP contribution >= 0.6 is 0 Å². The molecule has 0 aliphatic carbocycles. The maximum absolute atomic E-state index is 12.3.